The zero-order chi connectivity index (χ0) is 19.5. The number of carbonyl (C=O) groups excluding carboxylic acids is 2. The number of hydrogen-bond donors (Lipinski definition) is 0. The van der Waals surface area contributed by atoms with E-state index in [-0.39, 0.29) is 12.5 Å². The fourth-order valence-electron chi connectivity index (χ4n) is 3.55. The van der Waals surface area contributed by atoms with Gasteiger partial charge in [-0.05, 0) is 43.0 Å². The lowest BCUT2D eigenvalue weighted by Gasteiger charge is -2.30. The zero-order valence-electron chi connectivity index (χ0n) is 15.8. The number of carbonyl (C=O) groups is 2. The van der Waals surface area contributed by atoms with Gasteiger partial charge in [-0.25, -0.2) is 9.78 Å². The summed E-state index contributed by atoms with van der Waals surface area (Å²) >= 11 is 0. The monoisotopic (exact) mass is 378 g/mol. The predicted octanol–water partition coefficient (Wildman–Crippen LogP) is 3.91. The van der Waals surface area contributed by atoms with Crippen LogP contribution in [0.1, 0.15) is 30.1 Å². The summed E-state index contributed by atoms with van der Waals surface area (Å²) in [6.45, 7) is 3.31. The molecule has 144 valence electrons. The van der Waals surface area contributed by atoms with Gasteiger partial charge in [-0.1, -0.05) is 31.2 Å². The number of aromatic nitrogens is 1. The van der Waals surface area contributed by atoms with Gasteiger partial charge in [0.15, 0.2) is 12.2 Å². The van der Waals surface area contributed by atoms with Crippen molar-refractivity contribution in [3.05, 3.63) is 54.1 Å². The molecule has 1 amide bonds. The molecule has 0 saturated carbocycles. The van der Waals surface area contributed by atoms with Crippen LogP contribution >= 0.6 is 0 Å². The van der Waals surface area contributed by atoms with Gasteiger partial charge in [0, 0.05) is 13.1 Å². The summed E-state index contributed by atoms with van der Waals surface area (Å²) < 4.78 is 11.1. The molecule has 2 heterocycles. The quantitative estimate of drug-likeness (QED) is 0.644. The molecule has 6 heteroatoms. The van der Waals surface area contributed by atoms with Gasteiger partial charge >= 0.3 is 5.97 Å². The van der Waals surface area contributed by atoms with E-state index in [0.717, 1.165) is 31.4 Å². The fourth-order valence-corrected chi connectivity index (χ4v) is 3.55. The minimum Gasteiger partial charge on any atom is -0.452 e. The van der Waals surface area contributed by atoms with Crippen LogP contribution in [0.3, 0.4) is 0 Å². The Morgan fingerprint density at radius 1 is 1.18 bits per heavy atom. The van der Waals surface area contributed by atoms with Crippen LogP contribution in [0.15, 0.2) is 52.9 Å². The number of fused-ring (bicyclic) bond motifs is 1. The lowest BCUT2D eigenvalue weighted by molar-refractivity contribution is -0.136. The highest BCUT2D eigenvalue weighted by molar-refractivity contribution is 5.97. The molecule has 6 nitrogen and oxygen atoms in total. The van der Waals surface area contributed by atoms with Crippen molar-refractivity contribution in [1.82, 2.24) is 9.88 Å². The molecule has 0 aliphatic carbocycles. The normalized spacial score (nSPS) is 16.9. The Kier molecular flexibility index (Phi) is 5.10. The van der Waals surface area contributed by atoms with Crippen molar-refractivity contribution >= 4 is 23.0 Å². The molecule has 3 aromatic rings. The molecule has 1 atom stereocenters. The Morgan fingerprint density at radius 3 is 2.79 bits per heavy atom. The highest BCUT2D eigenvalue weighted by atomic mass is 16.5. The predicted molar refractivity (Wildman–Crippen MR) is 105 cm³/mol. The third-order valence-electron chi connectivity index (χ3n) is 5.01. The molecule has 0 N–H and O–H groups in total. The summed E-state index contributed by atoms with van der Waals surface area (Å²) in [7, 11) is 0. The summed E-state index contributed by atoms with van der Waals surface area (Å²) in [5.41, 5.74) is 2.24. The SMILES string of the molecule is CC1CCCN(C(=O)COC(=O)c2ccccc2-c2nc3ccccc3o2)C1. The summed E-state index contributed by atoms with van der Waals surface area (Å²) in [6.07, 6.45) is 2.11. The molecule has 28 heavy (non-hydrogen) atoms. The lowest BCUT2D eigenvalue weighted by Crippen LogP contribution is -2.41. The van der Waals surface area contributed by atoms with E-state index in [1.165, 1.54) is 0 Å². The number of ether oxygens (including phenoxy) is 1. The molecule has 1 aliphatic rings. The van der Waals surface area contributed by atoms with Gasteiger partial charge in [-0.15, -0.1) is 0 Å². The van der Waals surface area contributed by atoms with E-state index in [1.807, 2.05) is 24.3 Å². The molecule has 1 saturated heterocycles. The summed E-state index contributed by atoms with van der Waals surface area (Å²) in [5.74, 6) is 0.119. The molecule has 1 unspecified atom stereocenters. The maximum absolute atomic E-state index is 12.6. The first kappa shape index (κ1) is 18.2. The lowest BCUT2D eigenvalue weighted by atomic mass is 10.0. The van der Waals surface area contributed by atoms with Crippen LogP contribution in [0.25, 0.3) is 22.6 Å². The van der Waals surface area contributed by atoms with Gasteiger partial charge in [-0.2, -0.15) is 0 Å². The van der Waals surface area contributed by atoms with Crippen LogP contribution in [0.4, 0.5) is 0 Å². The average Bonchev–Trinajstić information content (AvgIpc) is 3.16. The topological polar surface area (TPSA) is 72.6 Å². The number of benzene rings is 2. The molecule has 0 radical (unpaired) electrons. The van der Waals surface area contributed by atoms with Crippen LogP contribution in [0.5, 0.6) is 0 Å². The second-order valence-corrected chi connectivity index (χ2v) is 7.20. The van der Waals surface area contributed by atoms with Crippen LogP contribution in [-0.2, 0) is 9.53 Å². The van der Waals surface area contributed by atoms with E-state index in [2.05, 4.69) is 11.9 Å². The highest BCUT2D eigenvalue weighted by Gasteiger charge is 2.23. The Morgan fingerprint density at radius 2 is 1.96 bits per heavy atom. The van der Waals surface area contributed by atoms with Crippen LogP contribution in [0.2, 0.25) is 0 Å². The number of oxazole rings is 1. The maximum atomic E-state index is 12.6. The van der Waals surface area contributed by atoms with Gasteiger partial charge in [0.05, 0.1) is 11.1 Å². The summed E-state index contributed by atoms with van der Waals surface area (Å²) in [4.78, 5) is 31.2. The number of esters is 1. The third kappa shape index (κ3) is 3.76. The largest absolute Gasteiger partial charge is 0.452 e. The van der Waals surface area contributed by atoms with Gasteiger partial charge in [0.2, 0.25) is 5.89 Å². The zero-order valence-corrected chi connectivity index (χ0v) is 15.8. The molecule has 0 bridgehead atoms. The number of piperidine rings is 1. The Bertz CT molecular complexity index is 977. The molecular formula is C22H22N2O4. The van der Waals surface area contributed by atoms with E-state index < -0.39 is 5.97 Å². The second kappa shape index (κ2) is 7.84. The van der Waals surface area contributed by atoms with Gasteiger partial charge in [-0.3, -0.25) is 4.79 Å². The Labute approximate surface area is 163 Å². The van der Waals surface area contributed by atoms with Gasteiger partial charge in [0.25, 0.3) is 5.91 Å². The van der Waals surface area contributed by atoms with Crippen molar-refractivity contribution in [3.8, 4) is 11.5 Å². The van der Waals surface area contributed by atoms with E-state index in [0.29, 0.717) is 28.5 Å². The maximum Gasteiger partial charge on any atom is 0.339 e. The van der Waals surface area contributed by atoms with Crippen molar-refractivity contribution in [2.75, 3.05) is 19.7 Å². The Hall–Kier alpha value is -3.15. The minimum absolute atomic E-state index is 0.153. The van der Waals surface area contributed by atoms with Crippen LogP contribution in [-0.4, -0.2) is 41.5 Å². The summed E-state index contributed by atoms with van der Waals surface area (Å²) in [5, 5.41) is 0. The average molecular weight is 378 g/mol. The molecule has 2 aromatic carbocycles. The van der Waals surface area contributed by atoms with Gasteiger partial charge < -0.3 is 14.1 Å². The first-order valence-electron chi connectivity index (χ1n) is 9.51. The molecule has 0 spiro atoms. The smallest absolute Gasteiger partial charge is 0.339 e. The first-order valence-corrected chi connectivity index (χ1v) is 9.51. The minimum atomic E-state index is -0.559. The van der Waals surface area contributed by atoms with E-state index in [1.54, 1.807) is 29.2 Å². The highest BCUT2D eigenvalue weighted by Crippen LogP contribution is 2.27. The first-order chi connectivity index (χ1) is 13.6. The van der Waals surface area contributed by atoms with E-state index in [9.17, 15) is 9.59 Å². The van der Waals surface area contributed by atoms with Crippen molar-refractivity contribution in [2.45, 2.75) is 19.8 Å². The van der Waals surface area contributed by atoms with Crippen LogP contribution in [0, 0.1) is 5.92 Å². The molecular weight excluding hydrogens is 356 g/mol. The number of nitrogens with zero attached hydrogens (tertiary/aromatic N) is 2. The van der Waals surface area contributed by atoms with Crippen LogP contribution < -0.4 is 0 Å². The molecule has 1 aliphatic heterocycles. The number of para-hydroxylation sites is 2. The number of hydrogen-bond acceptors (Lipinski definition) is 5. The van der Waals surface area contributed by atoms with Gasteiger partial charge in [0.1, 0.15) is 5.52 Å². The van der Waals surface area contributed by atoms with E-state index >= 15 is 0 Å². The molecule has 1 aromatic heterocycles. The molecule has 1 fully saturated rings. The Balaban J connectivity index is 1.50. The number of amides is 1. The fraction of sp³-hybridized carbons (Fsp3) is 0.318. The summed E-state index contributed by atoms with van der Waals surface area (Å²) in [6, 6.07) is 14.4. The number of rotatable bonds is 4. The van der Waals surface area contributed by atoms with Crippen molar-refractivity contribution in [3.63, 3.8) is 0 Å². The van der Waals surface area contributed by atoms with Crippen molar-refractivity contribution in [1.29, 1.82) is 0 Å². The number of likely N-dealkylation sites (tertiary alicyclic amines) is 1. The van der Waals surface area contributed by atoms with Crippen molar-refractivity contribution in [2.24, 2.45) is 5.92 Å². The standard InChI is InChI=1S/C22H22N2O4/c1-15-7-6-12-24(13-15)20(25)14-27-22(26)17-9-3-2-8-16(17)21-23-18-10-4-5-11-19(18)28-21/h2-5,8-11,15H,6-7,12-14H2,1H3. The third-order valence-corrected chi connectivity index (χ3v) is 5.01. The van der Waals surface area contributed by atoms with Crippen molar-refractivity contribution < 1.29 is 18.7 Å². The molecule has 4 rings (SSSR count). The van der Waals surface area contributed by atoms with E-state index in [4.69, 9.17) is 9.15 Å². The second-order valence-electron chi connectivity index (χ2n) is 7.20.